The summed E-state index contributed by atoms with van der Waals surface area (Å²) < 4.78 is 2.46. The van der Waals surface area contributed by atoms with E-state index < -0.39 is 0 Å². The Morgan fingerprint density at radius 1 is 1.07 bits per heavy atom. The zero-order chi connectivity index (χ0) is 20.4. The van der Waals surface area contributed by atoms with Crippen molar-refractivity contribution >= 4 is 37.5 Å². The Balaban J connectivity index is 1.53. The van der Waals surface area contributed by atoms with Gasteiger partial charge in [-0.25, -0.2) is 0 Å². The van der Waals surface area contributed by atoms with Gasteiger partial charge in [0, 0.05) is 35.7 Å². The molecule has 0 radical (unpaired) electrons. The van der Waals surface area contributed by atoms with Crippen molar-refractivity contribution in [3.8, 4) is 11.3 Å². The van der Waals surface area contributed by atoms with E-state index in [0.717, 1.165) is 41.8 Å². The van der Waals surface area contributed by atoms with Crippen molar-refractivity contribution in [2.75, 3.05) is 27.2 Å². The Bertz CT molecular complexity index is 1130. The number of fused-ring (bicyclic) bond motifs is 3. The van der Waals surface area contributed by atoms with E-state index in [1.54, 1.807) is 18.3 Å². The normalized spacial score (nSPS) is 11.6. The molecule has 0 aliphatic rings. The van der Waals surface area contributed by atoms with Crippen molar-refractivity contribution in [3.63, 3.8) is 0 Å². The Hall–Kier alpha value is -2.70. The first-order chi connectivity index (χ1) is 14.0. The fraction of sp³-hybridized carbons (Fsp3) is 0.304. The Kier molecular flexibility index (Phi) is 5.65. The number of hydrogen-bond acceptors (Lipinski definition) is 4. The van der Waals surface area contributed by atoms with Crippen LogP contribution in [-0.2, 0) is 11.3 Å². The van der Waals surface area contributed by atoms with Gasteiger partial charge >= 0.3 is 0 Å². The molecule has 5 nitrogen and oxygen atoms in total. The maximum atomic E-state index is 12.0. The lowest BCUT2D eigenvalue weighted by molar-refractivity contribution is -0.129. The van der Waals surface area contributed by atoms with Crippen LogP contribution in [0.1, 0.15) is 18.9 Å². The van der Waals surface area contributed by atoms with E-state index in [2.05, 4.69) is 77.7 Å². The number of thiophene rings is 1. The molecule has 0 saturated carbocycles. The number of hydrogen-bond donors (Lipinski definition) is 1. The van der Waals surface area contributed by atoms with Crippen LogP contribution in [0.2, 0.25) is 0 Å². The fourth-order valence-electron chi connectivity index (χ4n) is 3.60. The molecule has 1 amide bonds. The minimum Gasteiger partial charge on any atom is -0.339 e. The first-order valence-electron chi connectivity index (χ1n) is 9.88. The summed E-state index contributed by atoms with van der Waals surface area (Å²) in [5.41, 5.74) is 4.32. The minimum absolute atomic E-state index is 0.118. The maximum absolute atomic E-state index is 12.0. The summed E-state index contributed by atoms with van der Waals surface area (Å²) in [6.07, 6.45) is 0.974. The Morgan fingerprint density at radius 2 is 1.83 bits per heavy atom. The van der Waals surface area contributed by atoms with Crippen LogP contribution in [0.15, 0.2) is 48.5 Å². The van der Waals surface area contributed by atoms with Crippen molar-refractivity contribution in [3.05, 3.63) is 54.1 Å². The monoisotopic (exact) mass is 406 g/mol. The number of H-pyrrole nitrogens is 1. The first-order valence-corrected chi connectivity index (χ1v) is 10.7. The summed E-state index contributed by atoms with van der Waals surface area (Å²) >= 11 is 1.77. The summed E-state index contributed by atoms with van der Waals surface area (Å²) in [5, 5.41) is 9.00. The first kappa shape index (κ1) is 19.6. The van der Waals surface area contributed by atoms with Crippen LogP contribution in [0.5, 0.6) is 0 Å². The summed E-state index contributed by atoms with van der Waals surface area (Å²) in [5.74, 6) is 0.118. The topological polar surface area (TPSA) is 52.2 Å². The van der Waals surface area contributed by atoms with E-state index in [1.807, 2.05) is 4.90 Å². The molecule has 0 aliphatic carbocycles. The number of nitrogens with one attached hydrogen (secondary N) is 1. The van der Waals surface area contributed by atoms with Gasteiger partial charge in [0.2, 0.25) is 5.91 Å². The second-order valence-corrected chi connectivity index (χ2v) is 8.72. The van der Waals surface area contributed by atoms with Gasteiger partial charge in [0.15, 0.2) is 0 Å². The molecular formula is C23H26N4OS. The van der Waals surface area contributed by atoms with Crippen molar-refractivity contribution in [2.45, 2.75) is 19.9 Å². The van der Waals surface area contributed by atoms with Gasteiger partial charge in [-0.3, -0.25) is 9.89 Å². The molecule has 150 valence electrons. The number of amides is 1. The van der Waals surface area contributed by atoms with Crippen LogP contribution in [0, 0.1) is 0 Å². The third-order valence-electron chi connectivity index (χ3n) is 5.17. The SMILES string of the molecule is CC(=O)N(CCCN(C)C)Cc1ccc(-c2n[nH]c3c2sc2ccccc23)cc1. The zero-order valence-corrected chi connectivity index (χ0v) is 17.9. The molecule has 4 aromatic rings. The highest BCUT2D eigenvalue weighted by molar-refractivity contribution is 7.26. The number of nitrogens with zero attached hydrogens (tertiary/aromatic N) is 3. The molecule has 0 spiro atoms. The lowest BCUT2D eigenvalue weighted by Gasteiger charge is -2.22. The molecule has 4 rings (SSSR count). The third kappa shape index (κ3) is 4.18. The van der Waals surface area contributed by atoms with Crippen molar-refractivity contribution in [1.29, 1.82) is 0 Å². The van der Waals surface area contributed by atoms with E-state index >= 15 is 0 Å². The van der Waals surface area contributed by atoms with E-state index in [1.165, 1.54) is 14.8 Å². The van der Waals surface area contributed by atoms with E-state index in [4.69, 9.17) is 0 Å². The molecule has 0 aliphatic heterocycles. The fourth-order valence-corrected chi connectivity index (χ4v) is 4.76. The predicted molar refractivity (Wildman–Crippen MR) is 121 cm³/mol. The highest BCUT2D eigenvalue weighted by atomic mass is 32.1. The molecule has 2 aromatic carbocycles. The van der Waals surface area contributed by atoms with E-state index in [9.17, 15) is 4.79 Å². The second kappa shape index (κ2) is 8.35. The molecule has 0 atom stereocenters. The van der Waals surface area contributed by atoms with Crippen molar-refractivity contribution < 1.29 is 4.79 Å². The van der Waals surface area contributed by atoms with Gasteiger partial charge in [0.25, 0.3) is 0 Å². The summed E-state index contributed by atoms with van der Waals surface area (Å²) in [7, 11) is 4.11. The standard InChI is InChI=1S/C23H26N4OS/c1-16(28)27(14-6-13-26(2)3)15-17-9-11-18(12-10-17)21-23-22(25-24-21)19-7-4-5-8-20(19)29-23/h4-5,7-12H,6,13-15H2,1-3H3,(H,24,25). The molecule has 0 saturated heterocycles. The number of carbonyl (C=O) groups is 1. The van der Waals surface area contributed by atoms with Gasteiger partial charge in [-0.15, -0.1) is 11.3 Å². The number of aromatic amines is 1. The average molecular weight is 407 g/mol. The van der Waals surface area contributed by atoms with Crippen LogP contribution in [0.3, 0.4) is 0 Å². The predicted octanol–water partition coefficient (Wildman–Crippen LogP) is 4.74. The molecule has 29 heavy (non-hydrogen) atoms. The zero-order valence-electron chi connectivity index (χ0n) is 17.1. The number of benzene rings is 2. The molecule has 2 aromatic heterocycles. The van der Waals surface area contributed by atoms with Gasteiger partial charge in [0.1, 0.15) is 5.69 Å². The number of aromatic nitrogens is 2. The second-order valence-electron chi connectivity index (χ2n) is 7.67. The molecule has 1 N–H and O–H groups in total. The molecule has 0 bridgehead atoms. The Morgan fingerprint density at radius 3 is 2.55 bits per heavy atom. The third-order valence-corrected chi connectivity index (χ3v) is 6.35. The van der Waals surface area contributed by atoms with Crippen LogP contribution in [-0.4, -0.2) is 53.1 Å². The van der Waals surface area contributed by atoms with Crippen molar-refractivity contribution in [2.24, 2.45) is 0 Å². The number of rotatable bonds is 7. The quantitative estimate of drug-likeness (QED) is 0.482. The highest BCUT2D eigenvalue weighted by Crippen LogP contribution is 2.38. The molecule has 6 heteroatoms. The van der Waals surface area contributed by atoms with Crippen LogP contribution < -0.4 is 0 Å². The maximum Gasteiger partial charge on any atom is 0.219 e. The van der Waals surface area contributed by atoms with Crippen LogP contribution >= 0.6 is 11.3 Å². The van der Waals surface area contributed by atoms with Gasteiger partial charge in [-0.2, -0.15) is 5.10 Å². The van der Waals surface area contributed by atoms with Gasteiger partial charge in [0.05, 0.1) is 10.2 Å². The van der Waals surface area contributed by atoms with E-state index in [-0.39, 0.29) is 5.91 Å². The molecule has 2 heterocycles. The van der Waals surface area contributed by atoms with Crippen LogP contribution in [0.4, 0.5) is 0 Å². The van der Waals surface area contributed by atoms with Crippen molar-refractivity contribution in [1.82, 2.24) is 20.0 Å². The molecule has 0 unspecified atom stereocenters. The van der Waals surface area contributed by atoms with E-state index in [0.29, 0.717) is 6.54 Å². The summed E-state index contributed by atoms with van der Waals surface area (Å²) in [6.45, 7) is 4.04. The highest BCUT2D eigenvalue weighted by Gasteiger charge is 2.14. The lowest BCUT2D eigenvalue weighted by Crippen LogP contribution is -2.31. The average Bonchev–Trinajstić information content (AvgIpc) is 3.27. The van der Waals surface area contributed by atoms with Gasteiger partial charge in [-0.05, 0) is 38.7 Å². The van der Waals surface area contributed by atoms with Gasteiger partial charge < -0.3 is 9.80 Å². The summed E-state index contributed by atoms with van der Waals surface area (Å²) in [6, 6.07) is 16.8. The lowest BCUT2D eigenvalue weighted by atomic mass is 10.1. The minimum atomic E-state index is 0.118. The molecule has 0 fully saturated rings. The molecular weight excluding hydrogens is 380 g/mol. The summed E-state index contributed by atoms with van der Waals surface area (Å²) in [4.78, 5) is 16.1. The Labute approximate surface area is 174 Å². The van der Waals surface area contributed by atoms with Crippen LogP contribution in [0.25, 0.3) is 31.6 Å². The largest absolute Gasteiger partial charge is 0.339 e. The smallest absolute Gasteiger partial charge is 0.219 e. The van der Waals surface area contributed by atoms with Gasteiger partial charge in [-0.1, -0.05) is 42.5 Å². The number of carbonyl (C=O) groups excluding carboxylic acids is 1.